The summed E-state index contributed by atoms with van der Waals surface area (Å²) < 4.78 is 16.2. The molecule has 0 unspecified atom stereocenters. The zero-order valence-corrected chi connectivity index (χ0v) is 19.2. The van der Waals surface area contributed by atoms with Gasteiger partial charge in [-0.2, -0.15) is 5.10 Å². The molecule has 0 heterocycles. The van der Waals surface area contributed by atoms with Gasteiger partial charge in [0.2, 0.25) is 0 Å². The molecule has 1 N–H and O–H groups in total. The monoisotopic (exact) mass is 466 g/mol. The molecule has 0 fully saturated rings. The summed E-state index contributed by atoms with van der Waals surface area (Å²) >= 11 is 6.14. The highest BCUT2D eigenvalue weighted by Crippen LogP contribution is 2.28. The van der Waals surface area contributed by atoms with Crippen LogP contribution in [-0.2, 0) is 4.79 Å². The fourth-order valence-corrected chi connectivity index (χ4v) is 3.04. The molecule has 8 heteroatoms. The Bertz CT molecular complexity index is 1160. The fourth-order valence-electron chi connectivity index (χ4n) is 2.93. The highest BCUT2D eigenvalue weighted by atomic mass is 35.5. The zero-order valence-electron chi connectivity index (χ0n) is 18.4. The van der Waals surface area contributed by atoms with Gasteiger partial charge in [0.05, 0.1) is 18.9 Å². The molecule has 0 atom stereocenters. The zero-order chi connectivity index (χ0) is 23.8. The number of hydrazone groups is 1. The number of aryl methyl sites for hydroxylation is 2. The van der Waals surface area contributed by atoms with Crippen LogP contribution in [0.15, 0.2) is 65.8 Å². The summed E-state index contributed by atoms with van der Waals surface area (Å²) in [6, 6.07) is 17.1. The number of halogens is 1. The van der Waals surface area contributed by atoms with Crippen LogP contribution in [0.2, 0.25) is 5.02 Å². The number of hydrogen-bond acceptors (Lipinski definition) is 6. The van der Waals surface area contributed by atoms with Gasteiger partial charge in [-0.15, -0.1) is 0 Å². The number of methoxy groups -OCH3 is 1. The van der Waals surface area contributed by atoms with Gasteiger partial charge in [-0.25, -0.2) is 10.2 Å². The maximum Gasteiger partial charge on any atom is 0.343 e. The Hall–Kier alpha value is -3.84. The van der Waals surface area contributed by atoms with Crippen molar-refractivity contribution in [3.63, 3.8) is 0 Å². The summed E-state index contributed by atoms with van der Waals surface area (Å²) in [5.41, 5.74) is 5.21. The normalized spacial score (nSPS) is 10.7. The molecule has 0 radical (unpaired) electrons. The lowest BCUT2D eigenvalue weighted by atomic mass is 10.1. The fraction of sp³-hybridized carbons (Fsp3) is 0.160. The lowest BCUT2D eigenvalue weighted by Gasteiger charge is -2.10. The Balaban J connectivity index is 1.56. The summed E-state index contributed by atoms with van der Waals surface area (Å²) in [7, 11) is 1.47. The first-order chi connectivity index (χ1) is 15.9. The molecule has 3 rings (SSSR count). The molecule has 170 valence electrons. The van der Waals surface area contributed by atoms with E-state index in [1.165, 1.54) is 13.3 Å². The van der Waals surface area contributed by atoms with Crippen molar-refractivity contribution in [3.05, 3.63) is 87.9 Å². The lowest BCUT2D eigenvalue weighted by molar-refractivity contribution is -0.123. The van der Waals surface area contributed by atoms with E-state index in [0.29, 0.717) is 27.6 Å². The van der Waals surface area contributed by atoms with Crippen molar-refractivity contribution >= 4 is 29.7 Å². The summed E-state index contributed by atoms with van der Waals surface area (Å²) in [4.78, 5) is 24.3. The number of benzene rings is 3. The number of hydrogen-bond donors (Lipinski definition) is 1. The highest BCUT2D eigenvalue weighted by Gasteiger charge is 2.12. The molecule has 0 aromatic heterocycles. The molecule has 0 aliphatic carbocycles. The van der Waals surface area contributed by atoms with E-state index >= 15 is 0 Å². The first kappa shape index (κ1) is 23.8. The van der Waals surface area contributed by atoms with Crippen LogP contribution >= 0.6 is 11.6 Å². The quantitative estimate of drug-likeness (QED) is 0.225. The van der Waals surface area contributed by atoms with Crippen LogP contribution in [0.1, 0.15) is 27.0 Å². The van der Waals surface area contributed by atoms with E-state index < -0.39 is 11.9 Å². The van der Waals surface area contributed by atoms with E-state index in [4.69, 9.17) is 25.8 Å². The number of nitrogens with zero attached hydrogens (tertiary/aromatic N) is 1. The first-order valence-corrected chi connectivity index (χ1v) is 10.4. The SMILES string of the molecule is COc1cc(C=NNC(=O)COc2cc(C)c(Cl)c(C)c2)ccc1OC(=O)c1ccccc1. The van der Waals surface area contributed by atoms with Gasteiger partial charge in [0.15, 0.2) is 18.1 Å². The third-order valence-corrected chi connectivity index (χ3v) is 5.18. The van der Waals surface area contributed by atoms with Crippen LogP contribution in [0, 0.1) is 13.8 Å². The standard InChI is InChI=1S/C25H23ClN2O5/c1-16-11-20(12-17(2)24(16)26)32-15-23(29)28-27-14-18-9-10-21(22(13-18)31-3)33-25(30)19-7-5-4-6-8-19/h4-14H,15H2,1-3H3,(H,28,29). The molecule has 7 nitrogen and oxygen atoms in total. The van der Waals surface area contributed by atoms with Crippen LogP contribution in [0.3, 0.4) is 0 Å². The van der Waals surface area contributed by atoms with Crippen molar-refractivity contribution in [2.24, 2.45) is 5.10 Å². The van der Waals surface area contributed by atoms with E-state index in [1.54, 1.807) is 54.6 Å². The molecule has 0 bridgehead atoms. The van der Waals surface area contributed by atoms with Crippen molar-refractivity contribution in [1.29, 1.82) is 0 Å². The Morgan fingerprint density at radius 1 is 1.00 bits per heavy atom. The molecule has 0 spiro atoms. The van der Waals surface area contributed by atoms with Gasteiger partial charge >= 0.3 is 5.97 Å². The maximum absolute atomic E-state index is 12.3. The Morgan fingerprint density at radius 3 is 2.36 bits per heavy atom. The lowest BCUT2D eigenvalue weighted by Crippen LogP contribution is -2.24. The summed E-state index contributed by atoms with van der Waals surface area (Å²) in [5, 5.41) is 4.60. The Kier molecular flexibility index (Phi) is 8.05. The number of rotatable bonds is 8. The van der Waals surface area contributed by atoms with Crippen molar-refractivity contribution in [1.82, 2.24) is 5.43 Å². The van der Waals surface area contributed by atoms with Crippen LogP contribution in [0.25, 0.3) is 0 Å². The summed E-state index contributed by atoms with van der Waals surface area (Å²) in [5.74, 6) is 0.269. The molecule has 33 heavy (non-hydrogen) atoms. The Morgan fingerprint density at radius 2 is 1.70 bits per heavy atom. The smallest absolute Gasteiger partial charge is 0.343 e. The van der Waals surface area contributed by atoms with E-state index in [0.717, 1.165) is 11.1 Å². The second kappa shape index (κ2) is 11.2. The average Bonchev–Trinajstić information content (AvgIpc) is 2.82. The number of ether oxygens (including phenoxy) is 3. The van der Waals surface area contributed by atoms with Gasteiger partial charge in [-0.1, -0.05) is 29.8 Å². The van der Waals surface area contributed by atoms with Gasteiger partial charge < -0.3 is 14.2 Å². The number of amides is 1. The average molecular weight is 467 g/mol. The molecular formula is C25H23ClN2O5. The van der Waals surface area contributed by atoms with Crippen molar-refractivity contribution in [2.45, 2.75) is 13.8 Å². The Labute approximate surface area is 196 Å². The molecule has 0 aliphatic rings. The van der Waals surface area contributed by atoms with E-state index in [-0.39, 0.29) is 12.4 Å². The van der Waals surface area contributed by atoms with Crippen LogP contribution in [0.5, 0.6) is 17.2 Å². The molecule has 3 aromatic carbocycles. The molecule has 1 amide bonds. The molecular weight excluding hydrogens is 444 g/mol. The largest absolute Gasteiger partial charge is 0.493 e. The van der Waals surface area contributed by atoms with E-state index in [2.05, 4.69) is 10.5 Å². The van der Waals surface area contributed by atoms with Gasteiger partial charge in [-0.3, -0.25) is 4.79 Å². The molecule has 3 aromatic rings. The van der Waals surface area contributed by atoms with Crippen molar-refractivity contribution in [3.8, 4) is 17.2 Å². The van der Waals surface area contributed by atoms with Crippen LogP contribution in [0.4, 0.5) is 0 Å². The predicted molar refractivity (Wildman–Crippen MR) is 127 cm³/mol. The van der Waals surface area contributed by atoms with E-state index in [9.17, 15) is 9.59 Å². The van der Waals surface area contributed by atoms with E-state index in [1.807, 2.05) is 19.9 Å². The van der Waals surface area contributed by atoms with Gasteiger partial charge in [0, 0.05) is 5.02 Å². The predicted octanol–water partition coefficient (Wildman–Crippen LogP) is 4.71. The first-order valence-electron chi connectivity index (χ1n) is 10.0. The molecule has 0 aliphatic heterocycles. The minimum atomic E-state index is -0.492. The van der Waals surface area contributed by atoms with Crippen molar-refractivity contribution < 1.29 is 23.8 Å². The van der Waals surface area contributed by atoms with Crippen LogP contribution in [-0.4, -0.2) is 31.8 Å². The van der Waals surface area contributed by atoms with Gasteiger partial charge in [0.25, 0.3) is 5.91 Å². The number of esters is 1. The second-order valence-corrected chi connectivity index (χ2v) is 7.50. The second-order valence-electron chi connectivity index (χ2n) is 7.12. The summed E-state index contributed by atoms with van der Waals surface area (Å²) in [6.45, 7) is 3.54. The topological polar surface area (TPSA) is 86.2 Å². The number of carbonyl (C=O) groups excluding carboxylic acids is 2. The summed E-state index contributed by atoms with van der Waals surface area (Å²) in [6.07, 6.45) is 1.44. The third kappa shape index (κ3) is 6.57. The number of nitrogens with one attached hydrogen (secondary N) is 1. The van der Waals surface area contributed by atoms with Gasteiger partial charge in [-0.05, 0) is 73.0 Å². The van der Waals surface area contributed by atoms with Crippen LogP contribution < -0.4 is 19.6 Å². The number of carbonyl (C=O) groups is 2. The minimum absolute atomic E-state index is 0.199. The molecule has 0 saturated heterocycles. The maximum atomic E-state index is 12.3. The minimum Gasteiger partial charge on any atom is -0.493 e. The van der Waals surface area contributed by atoms with Gasteiger partial charge in [0.1, 0.15) is 5.75 Å². The van der Waals surface area contributed by atoms with Crippen molar-refractivity contribution in [2.75, 3.05) is 13.7 Å². The highest BCUT2D eigenvalue weighted by molar-refractivity contribution is 6.32. The molecule has 0 saturated carbocycles. The third-order valence-electron chi connectivity index (χ3n) is 4.58.